The Kier molecular flexibility index (Phi) is 5.02. The molecule has 1 atom stereocenters. The minimum absolute atomic E-state index is 0.00757. The molecule has 0 saturated heterocycles. The SMILES string of the molecule is CC(C)(C)OC(=O)N1CC(O)=C(O)[C@H]1C(=O)OCc1ccccc1. The molecule has 2 rings (SSSR count). The van der Waals surface area contributed by atoms with Crippen molar-refractivity contribution in [3.63, 3.8) is 0 Å². The first-order valence-electron chi connectivity index (χ1n) is 7.50. The van der Waals surface area contributed by atoms with E-state index < -0.39 is 35.2 Å². The number of aliphatic hydroxyl groups is 2. The summed E-state index contributed by atoms with van der Waals surface area (Å²) in [6.45, 7) is 4.71. The lowest BCUT2D eigenvalue weighted by Crippen LogP contribution is -2.45. The molecular weight excluding hydrogens is 314 g/mol. The second kappa shape index (κ2) is 6.82. The molecule has 0 radical (unpaired) electrons. The molecule has 7 heteroatoms. The Morgan fingerprint density at radius 3 is 2.42 bits per heavy atom. The van der Waals surface area contributed by atoms with Gasteiger partial charge < -0.3 is 19.7 Å². The van der Waals surface area contributed by atoms with E-state index in [1.165, 1.54) is 0 Å². The molecule has 130 valence electrons. The number of hydrogen-bond donors (Lipinski definition) is 2. The molecule has 7 nitrogen and oxygen atoms in total. The summed E-state index contributed by atoms with van der Waals surface area (Å²) in [5, 5.41) is 19.6. The fourth-order valence-electron chi connectivity index (χ4n) is 2.18. The van der Waals surface area contributed by atoms with Gasteiger partial charge in [0.05, 0.1) is 6.54 Å². The summed E-state index contributed by atoms with van der Waals surface area (Å²) >= 11 is 0. The van der Waals surface area contributed by atoms with E-state index in [1.54, 1.807) is 45.0 Å². The topological polar surface area (TPSA) is 96.3 Å². The normalized spacial score (nSPS) is 17.8. The highest BCUT2D eigenvalue weighted by Crippen LogP contribution is 2.25. The number of benzene rings is 1. The van der Waals surface area contributed by atoms with Crippen LogP contribution in [-0.2, 0) is 20.9 Å². The van der Waals surface area contributed by atoms with Gasteiger partial charge in [-0.25, -0.2) is 9.59 Å². The van der Waals surface area contributed by atoms with Crippen molar-refractivity contribution >= 4 is 12.1 Å². The molecule has 0 aromatic heterocycles. The molecule has 0 unspecified atom stereocenters. The highest BCUT2D eigenvalue weighted by atomic mass is 16.6. The van der Waals surface area contributed by atoms with Gasteiger partial charge in [0.1, 0.15) is 12.2 Å². The number of hydrogen-bond acceptors (Lipinski definition) is 6. The van der Waals surface area contributed by atoms with E-state index >= 15 is 0 Å². The molecule has 1 aliphatic heterocycles. The van der Waals surface area contributed by atoms with Crippen molar-refractivity contribution in [2.75, 3.05) is 6.54 Å². The number of amides is 1. The molecule has 1 aliphatic rings. The predicted molar refractivity (Wildman–Crippen MR) is 85.2 cm³/mol. The first-order chi connectivity index (χ1) is 11.2. The molecular formula is C17H21NO6. The highest BCUT2D eigenvalue weighted by Gasteiger charge is 2.44. The van der Waals surface area contributed by atoms with E-state index in [2.05, 4.69) is 0 Å². The number of esters is 1. The van der Waals surface area contributed by atoms with E-state index in [1.807, 2.05) is 6.07 Å². The van der Waals surface area contributed by atoms with Gasteiger partial charge >= 0.3 is 12.1 Å². The van der Waals surface area contributed by atoms with Crippen LogP contribution in [0, 0.1) is 0 Å². The van der Waals surface area contributed by atoms with Crippen LogP contribution in [0.2, 0.25) is 0 Å². The lowest BCUT2D eigenvalue weighted by atomic mass is 10.2. The molecule has 24 heavy (non-hydrogen) atoms. The third-order valence-corrected chi connectivity index (χ3v) is 3.26. The van der Waals surface area contributed by atoms with Crippen LogP contribution in [0.4, 0.5) is 4.79 Å². The lowest BCUT2D eigenvalue weighted by molar-refractivity contribution is -0.150. The van der Waals surface area contributed by atoms with Gasteiger partial charge in [0.15, 0.2) is 17.6 Å². The quantitative estimate of drug-likeness (QED) is 0.825. The van der Waals surface area contributed by atoms with Gasteiger partial charge in [-0.05, 0) is 26.3 Å². The monoisotopic (exact) mass is 335 g/mol. The van der Waals surface area contributed by atoms with Crippen LogP contribution in [0.3, 0.4) is 0 Å². The van der Waals surface area contributed by atoms with Crippen LogP contribution in [0.5, 0.6) is 0 Å². The van der Waals surface area contributed by atoms with E-state index in [0.29, 0.717) is 0 Å². The molecule has 2 N–H and O–H groups in total. The van der Waals surface area contributed by atoms with Crippen molar-refractivity contribution in [1.82, 2.24) is 4.90 Å². The molecule has 0 saturated carbocycles. The van der Waals surface area contributed by atoms with E-state index in [9.17, 15) is 19.8 Å². The third kappa shape index (κ3) is 4.18. The molecule has 0 spiro atoms. The third-order valence-electron chi connectivity index (χ3n) is 3.26. The average Bonchev–Trinajstić information content (AvgIpc) is 2.80. The first kappa shape index (κ1) is 17.7. The minimum atomic E-state index is -1.41. The fraction of sp³-hybridized carbons (Fsp3) is 0.412. The van der Waals surface area contributed by atoms with Crippen molar-refractivity contribution in [3.05, 3.63) is 47.4 Å². The van der Waals surface area contributed by atoms with Crippen LogP contribution in [0.25, 0.3) is 0 Å². The van der Waals surface area contributed by atoms with Crippen molar-refractivity contribution in [3.8, 4) is 0 Å². The minimum Gasteiger partial charge on any atom is -0.507 e. The van der Waals surface area contributed by atoms with Gasteiger partial charge in [-0.1, -0.05) is 30.3 Å². The Labute approximate surface area is 140 Å². The van der Waals surface area contributed by atoms with Crippen molar-refractivity contribution in [1.29, 1.82) is 0 Å². The second-order valence-electron chi connectivity index (χ2n) is 6.44. The Hall–Kier alpha value is -2.70. The van der Waals surface area contributed by atoms with Crippen LogP contribution in [0.1, 0.15) is 26.3 Å². The molecule has 0 aliphatic carbocycles. The lowest BCUT2D eigenvalue weighted by Gasteiger charge is -2.27. The van der Waals surface area contributed by atoms with Crippen molar-refractivity contribution < 1.29 is 29.3 Å². The largest absolute Gasteiger partial charge is 0.507 e. The van der Waals surface area contributed by atoms with Gasteiger partial charge in [0.2, 0.25) is 0 Å². The Balaban J connectivity index is 2.08. The summed E-state index contributed by atoms with van der Waals surface area (Å²) in [6.07, 6.45) is -0.820. The fourth-order valence-corrected chi connectivity index (χ4v) is 2.18. The number of nitrogens with zero attached hydrogens (tertiary/aromatic N) is 1. The van der Waals surface area contributed by atoms with Gasteiger partial charge in [0, 0.05) is 0 Å². The predicted octanol–water partition coefficient (Wildman–Crippen LogP) is 2.68. The maximum absolute atomic E-state index is 12.3. The maximum Gasteiger partial charge on any atom is 0.411 e. The molecule has 0 fully saturated rings. The van der Waals surface area contributed by atoms with Crippen molar-refractivity contribution in [2.45, 2.75) is 39.0 Å². The highest BCUT2D eigenvalue weighted by molar-refractivity contribution is 5.85. The van der Waals surface area contributed by atoms with E-state index in [0.717, 1.165) is 10.5 Å². The summed E-state index contributed by atoms with van der Waals surface area (Å²) < 4.78 is 10.3. The Bertz CT molecular complexity index is 647. The zero-order valence-corrected chi connectivity index (χ0v) is 13.9. The van der Waals surface area contributed by atoms with Gasteiger partial charge in [0.25, 0.3) is 0 Å². The number of aliphatic hydroxyl groups excluding tert-OH is 2. The van der Waals surface area contributed by atoms with Gasteiger partial charge in [-0.15, -0.1) is 0 Å². The average molecular weight is 335 g/mol. The molecule has 1 aromatic rings. The van der Waals surface area contributed by atoms with Crippen LogP contribution in [0.15, 0.2) is 41.9 Å². The van der Waals surface area contributed by atoms with Gasteiger partial charge in [-0.2, -0.15) is 0 Å². The number of carbonyl (C=O) groups is 2. The molecule has 1 heterocycles. The summed E-state index contributed by atoms with van der Waals surface area (Å²) in [6, 6.07) is 7.58. The maximum atomic E-state index is 12.3. The Morgan fingerprint density at radius 1 is 1.21 bits per heavy atom. The number of rotatable bonds is 3. The second-order valence-corrected chi connectivity index (χ2v) is 6.44. The molecule has 0 bridgehead atoms. The summed E-state index contributed by atoms with van der Waals surface area (Å²) in [4.78, 5) is 25.4. The van der Waals surface area contributed by atoms with E-state index in [-0.39, 0.29) is 13.2 Å². The smallest absolute Gasteiger partial charge is 0.411 e. The van der Waals surface area contributed by atoms with Crippen LogP contribution < -0.4 is 0 Å². The zero-order valence-electron chi connectivity index (χ0n) is 13.9. The summed E-state index contributed by atoms with van der Waals surface area (Å²) in [7, 11) is 0. The number of carbonyl (C=O) groups excluding carboxylic acids is 2. The zero-order chi connectivity index (χ0) is 17.9. The summed E-state index contributed by atoms with van der Waals surface area (Å²) in [5.41, 5.74) is -0.0102. The molecule has 1 amide bonds. The number of ether oxygens (including phenoxy) is 2. The molecule has 1 aromatic carbocycles. The summed E-state index contributed by atoms with van der Waals surface area (Å²) in [5.74, 6) is -1.90. The first-order valence-corrected chi connectivity index (χ1v) is 7.50. The van der Waals surface area contributed by atoms with Crippen LogP contribution in [-0.4, -0.2) is 45.4 Å². The van der Waals surface area contributed by atoms with Crippen molar-refractivity contribution in [2.24, 2.45) is 0 Å². The standard InChI is InChI=1S/C17H21NO6/c1-17(2,3)24-16(22)18-9-12(19)14(20)13(18)15(21)23-10-11-7-5-4-6-8-11/h4-8,13,19-20H,9-10H2,1-3H3/t13-/m0/s1. The van der Waals surface area contributed by atoms with Gasteiger partial charge in [-0.3, -0.25) is 4.90 Å². The van der Waals surface area contributed by atoms with E-state index in [4.69, 9.17) is 9.47 Å². The van der Waals surface area contributed by atoms with Crippen LogP contribution >= 0.6 is 0 Å². The Morgan fingerprint density at radius 2 is 1.83 bits per heavy atom.